The van der Waals surface area contributed by atoms with Crippen molar-refractivity contribution in [1.82, 2.24) is 5.32 Å². The molecule has 1 N–H and O–H groups in total. The third kappa shape index (κ3) is 2.57. The maximum absolute atomic E-state index is 12.1. The van der Waals surface area contributed by atoms with Crippen LogP contribution in [0.4, 0.5) is 0 Å². The van der Waals surface area contributed by atoms with E-state index in [2.05, 4.69) is 21.5 Å². The predicted molar refractivity (Wildman–Crippen MR) is 78.5 cm³/mol. The summed E-state index contributed by atoms with van der Waals surface area (Å²) < 4.78 is 5.52. The second kappa shape index (κ2) is 5.42. The lowest BCUT2D eigenvalue weighted by Gasteiger charge is -2.60. The molecule has 2 unspecified atom stereocenters. The number of hydrogen-bond donors (Lipinski definition) is 1. The van der Waals surface area contributed by atoms with E-state index >= 15 is 0 Å². The molecule has 0 aromatic heterocycles. The van der Waals surface area contributed by atoms with Gasteiger partial charge < -0.3 is 10.1 Å². The molecular formula is C16H23N3O2. The summed E-state index contributed by atoms with van der Waals surface area (Å²) in [6.45, 7) is 0. The largest absolute Gasteiger partial charge is 0.381 e. The third-order valence-electron chi connectivity index (χ3n) is 5.49. The number of methoxy groups -OCH3 is 1. The lowest BCUT2D eigenvalue weighted by Crippen LogP contribution is -2.67. The Hall–Kier alpha value is -1.41. The highest BCUT2D eigenvalue weighted by atomic mass is 16.5. The molecule has 0 radical (unpaired) electrons. The molecule has 1 heterocycles. The van der Waals surface area contributed by atoms with Crippen LogP contribution in [0.25, 0.3) is 0 Å². The van der Waals surface area contributed by atoms with E-state index in [9.17, 15) is 4.79 Å². The van der Waals surface area contributed by atoms with Gasteiger partial charge in [-0.3, -0.25) is 4.79 Å². The van der Waals surface area contributed by atoms with E-state index in [1.165, 1.54) is 19.3 Å². The molecule has 5 nitrogen and oxygen atoms in total. The average Bonchev–Trinajstić information content (AvgIpc) is 3.17. The van der Waals surface area contributed by atoms with E-state index < -0.39 is 0 Å². The van der Waals surface area contributed by atoms with Crippen molar-refractivity contribution in [2.24, 2.45) is 15.6 Å². The molecule has 114 valence electrons. The van der Waals surface area contributed by atoms with Gasteiger partial charge >= 0.3 is 0 Å². The monoisotopic (exact) mass is 289 g/mol. The van der Waals surface area contributed by atoms with Crippen molar-refractivity contribution < 1.29 is 9.53 Å². The zero-order valence-corrected chi connectivity index (χ0v) is 12.6. The number of ether oxygens (including phenoxy) is 1. The molecule has 2 fully saturated rings. The minimum Gasteiger partial charge on any atom is -0.381 e. The number of terminal acetylenes is 1. The molecule has 0 bridgehead atoms. The zero-order chi connectivity index (χ0) is 14.9. The maximum atomic E-state index is 12.1. The van der Waals surface area contributed by atoms with Gasteiger partial charge in [-0.15, -0.1) is 12.3 Å². The summed E-state index contributed by atoms with van der Waals surface area (Å²) in [6.07, 6.45) is 12.7. The van der Waals surface area contributed by atoms with Crippen molar-refractivity contribution in [3.05, 3.63) is 0 Å². The molecule has 0 aromatic rings. The van der Waals surface area contributed by atoms with Gasteiger partial charge in [-0.05, 0) is 19.3 Å². The normalized spacial score (nSPS) is 30.1. The van der Waals surface area contributed by atoms with Crippen molar-refractivity contribution in [2.45, 2.75) is 69.2 Å². The summed E-state index contributed by atoms with van der Waals surface area (Å²) in [7, 11) is 1.77. The highest BCUT2D eigenvalue weighted by Gasteiger charge is 2.59. The number of carbonyl (C=O) groups is 1. The first-order valence-electron chi connectivity index (χ1n) is 7.84. The minimum absolute atomic E-state index is 0.109. The van der Waals surface area contributed by atoms with Crippen LogP contribution < -0.4 is 5.32 Å². The fourth-order valence-electron chi connectivity index (χ4n) is 3.78. The van der Waals surface area contributed by atoms with Crippen molar-refractivity contribution in [2.75, 3.05) is 7.11 Å². The van der Waals surface area contributed by atoms with Crippen LogP contribution in [-0.2, 0) is 9.53 Å². The average molecular weight is 289 g/mol. The number of amides is 1. The first-order valence-corrected chi connectivity index (χ1v) is 7.84. The summed E-state index contributed by atoms with van der Waals surface area (Å²) in [5.41, 5.74) is -0.132. The van der Waals surface area contributed by atoms with Crippen LogP contribution in [0.5, 0.6) is 0 Å². The molecule has 1 amide bonds. The fourth-order valence-corrected chi connectivity index (χ4v) is 3.78. The van der Waals surface area contributed by atoms with Gasteiger partial charge in [0.2, 0.25) is 5.91 Å². The van der Waals surface area contributed by atoms with E-state index in [-0.39, 0.29) is 17.0 Å². The van der Waals surface area contributed by atoms with E-state index in [0.29, 0.717) is 31.4 Å². The molecule has 0 saturated heterocycles. The molecule has 3 rings (SSSR count). The Labute approximate surface area is 125 Å². The molecule has 1 spiro atoms. The maximum Gasteiger partial charge on any atom is 0.220 e. The van der Waals surface area contributed by atoms with E-state index in [1.54, 1.807) is 7.11 Å². The van der Waals surface area contributed by atoms with Gasteiger partial charge in [0.05, 0.1) is 6.10 Å². The fraction of sp³-hybridized carbons (Fsp3) is 0.812. The molecule has 2 saturated carbocycles. The van der Waals surface area contributed by atoms with Crippen LogP contribution in [0.1, 0.15) is 51.4 Å². The summed E-state index contributed by atoms with van der Waals surface area (Å²) in [6, 6.07) is 0.290. The van der Waals surface area contributed by atoms with E-state index in [0.717, 1.165) is 12.8 Å². The third-order valence-corrected chi connectivity index (χ3v) is 5.49. The van der Waals surface area contributed by atoms with Gasteiger partial charge in [0, 0.05) is 44.2 Å². The van der Waals surface area contributed by atoms with Gasteiger partial charge in [0.25, 0.3) is 0 Å². The highest BCUT2D eigenvalue weighted by molar-refractivity contribution is 5.76. The topological polar surface area (TPSA) is 63.0 Å². The predicted octanol–water partition coefficient (Wildman–Crippen LogP) is 2.42. The second-order valence-electron chi connectivity index (χ2n) is 6.55. The quantitative estimate of drug-likeness (QED) is 0.732. The van der Waals surface area contributed by atoms with Crippen LogP contribution in [-0.4, -0.2) is 30.8 Å². The van der Waals surface area contributed by atoms with Gasteiger partial charge in [-0.1, -0.05) is 6.42 Å². The van der Waals surface area contributed by atoms with Crippen LogP contribution in [0.3, 0.4) is 0 Å². The number of nitrogens with zero attached hydrogens (tertiary/aromatic N) is 2. The van der Waals surface area contributed by atoms with Crippen LogP contribution in [0.15, 0.2) is 10.2 Å². The number of hydrogen-bond acceptors (Lipinski definition) is 4. The summed E-state index contributed by atoms with van der Waals surface area (Å²) in [5, 5.41) is 11.3. The second-order valence-corrected chi connectivity index (χ2v) is 6.55. The van der Waals surface area contributed by atoms with E-state index in [1.807, 2.05) is 0 Å². The Morgan fingerprint density at radius 1 is 1.43 bits per heavy atom. The Bertz CT molecular complexity index is 484. The van der Waals surface area contributed by atoms with Crippen LogP contribution in [0, 0.1) is 17.8 Å². The Morgan fingerprint density at radius 3 is 2.71 bits per heavy atom. The Balaban J connectivity index is 1.42. The molecule has 2 aliphatic carbocycles. The van der Waals surface area contributed by atoms with E-state index in [4.69, 9.17) is 11.2 Å². The molecule has 5 heteroatoms. The van der Waals surface area contributed by atoms with Crippen molar-refractivity contribution in [3.63, 3.8) is 0 Å². The highest BCUT2D eigenvalue weighted by Crippen LogP contribution is 2.57. The standard InChI is InChI=1S/C16H23N3O2/c1-3-4-9-16(18-19-16)10-6-14(20)17-12-11-13(21-2)15(12)7-5-8-15/h1,12-13H,4-11H2,2H3,(H,17,20). The zero-order valence-electron chi connectivity index (χ0n) is 12.6. The van der Waals surface area contributed by atoms with Gasteiger partial charge in [-0.25, -0.2) is 0 Å². The Kier molecular flexibility index (Phi) is 3.75. The number of rotatable bonds is 7. The summed E-state index contributed by atoms with van der Waals surface area (Å²) >= 11 is 0. The van der Waals surface area contributed by atoms with Gasteiger partial charge in [-0.2, -0.15) is 10.2 Å². The van der Waals surface area contributed by atoms with Crippen molar-refractivity contribution >= 4 is 5.91 Å². The van der Waals surface area contributed by atoms with Crippen molar-refractivity contribution in [3.8, 4) is 12.3 Å². The lowest BCUT2D eigenvalue weighted by atomic mass is 9.51. The number of nitrogens with one attached hydrogen (secondary N) is 1. The summed E-state index contributed by atoms with van der Waals surface area (Å²) in [4.78, 5) is 12.1. The van der Waals surface area contributed by atoms with Crippen LogP contribution in [0.2, 0.25) is 0 Å². The van der Waals surface area contributed by atoms with Crippen molar-refractivity contribution in [1.29, 1.82) is 0 Å². The molecule has 0 aromatic carbocycles. The number of carbonyl (C=O) groups excluding carboxylic acids is 1. The first-order chi connectivity index (χ1) is 10.1. The van der Waals surface area contributed by atoms with Gasteiger partial charge in [0.1, 0.15) is 0 Å². The first kappa shape index (κ1) is 14.5. The molecule has 3 aliphatic rings. The van der Waals surface area contributed by atoms with Gasteiger partial charge in [0.15, 0.2) is 5.66 Å². The SMILES string of the molecule is C#CCCC1(CCC(=O)NC2CC(OC)C23CCC3)N=N1. The smallest absolute Gasteiger partial charge is 0.220 e. The molecule has 21 heavy (non-hydrogen) atoms. The minimum atomic E-state index is -0.355. The van der Waals surface area contributed by atoms with Crippen LogP contribution >= 0.6 is 0 Å². The lowest BCUT2D eigenvalue weighted by molar-refractivity contribution is -0.166. The summed E-state index contributed by atoms with van der Waals surface area (Å²) in [5.74, 6) is 2.71. The molecule has 1 aliphatic heterocycles. The Morgan fingerprint density at radius 2 is 2.19 bits per heavy atom. The molecular weight excluding hydrogens is 266 g/mol. The molecule has 2 atom stereocenters.